The van der Waals surface area contributed by atoms with Gasteiger partial charge in [-0.25, -0.2) is 0 Å². The van der Waals surface area contributed by atoms with E-state index in [1.165, 1.54) is 17.0 Å². The molecule has 2 aromatic rings. The van der Waals surface area contributed by atoms with E-state index >= 15 is 0 Å². The zero-order valence-electron chi connectivity index (χ0n) is 15.0. The number of hydrogen-bond donors (Lipinski definition) is 2. The molecule has 0 aromatic heterocycles. The fourth-order valence-electron chi connectivity index (χ4n) is 3.25. The Morgan fingerprint density at radius 1 is 1.15 bits per heavy atom. The minimum absolute atomic E-state index is 0.0121. The Hall–Kier alpha value is -2.79. The predicted octanol–water partition coefficient (Wildman–Crippen LogP) is 4.56. The number of phenols is 1. The second kappa shape index (κ2) is 7.45. The maximum Gasteiger partial charge on any atom is 0.294 e. The van der Waals surface area contributed by atoms with E-state index < -0.39 is 17.7 Å². The first-order valence-electron chi connectivity index (χ1n) is 8.64. The number of aliphatic hydroxyl groups excluding tert-OH is 1. The number of Topliss-reactive ketones (excluding diaryl/α,β-unsaturated/α-hetero) is 1. The number of aromatic hydroxyl groups is 1. The Morgan fingerprint density at radius 2 is 1.81 bits per heavy atom. The van der Waals surface area contributed by atoms with Gasteiger partial charge in [0.1, 0.15) is 5.75 Å². The average molecular weight is 386 g/mol. The summed E-state index contributed by atoms with van der Waals surface area (Å²) in [7, 11) is 0. The number of nitrogens with zero attached hydrogens (tertiary/aromatic N) is 1. The van der Waals surface area contributed by atoms with E-state index in [1.54, 1.807) is 36.4 Å². The zero-order chi connectivity index (χ0) is 19.7. The van der Waals surface area contributed by atoms with Crippen LogP contribution in [0.5, 0.6) is 5.75 Å². The molecule has 3 rings (SSSR count). The molecule has 1 atom stereocenters. The maximum atomic E-state index is 12.8. The van der Waals surface area contributed by atoms with Crippen molar-refractivity contribution in [2.45, 2.75) is 26.3 Å². The maximum absolute atomic E-state index is 12.8. The average Bonchev–Trinajstić information content (AvgIpc) is 2.87. The molecule has 140 valence electrons. The van der Waals surface area contributed by atoms with E-state index in [1.807, 2.05) is 13.8 Å². The highest BCUT2D eigenvalue weighted by atomic mass is 35.5. The number of carbonyl (C=O) groups excluding carboxylic acids is 2. The van der Waals surface area contributed by atoms with Crippen molar-refractivity contribution in [3.05, 3.63) is 70.4 Å². The standard InChI is InChI=1S/C21H20ClNO4/c1-12(2)10-17(25)18-19(13-4-3-5-16(24)11-13)23(21(27)20(18)26)15-8-6-14(22)7-9-15/h3-9,11-12,19,24,26H,10H2,1-2H3. The van der Waals surface area contributed by atoms with Crippen LogP contribution in [0.3, 0.4) is 0 Å². The van der Waals surface area contributed by atoms with Crippen LogP contribution in [0.4, 0.5) is 5.69 Å². The van der Waals surface area contributed by atoms with Crippen molar-refractivity contribution in [2.75, 3.05) is 4.90 Å². The minimum Gasteiger partial charge on any atom is -0.508 e. The molecule has 1 aliphatic rings. The van der Waals surface area contributed by atoms with E-state index in [4.69, 9.17) is 11.6 Å². The topological polar surface area (TPSA) is 77.8 Å². The quantitative estimate of drug-likeness (QED) is 0.790. The van der Waals surface area contributed by atoms with Crippen molar-refractivity contribution in [2.24, 2.45) is 5.92 Å². The van der Waals surface area contributed by atoms with Gasteiger partial charge in [0.05, 0.1) is 11.6 Å². The number of aliphatic hydroxyl groups is 1. The molecule has 0 saturated carbocycles. The molecule has 1 heterocycles. The Balaban J connectivity index is 2.15. The second-order valence-corrected chi connectivity index (χ2v) is 7.37. The molecule has 0 radical (unpaired) electrons. The number of rotatable bonds is 5. The molecule has 0 aliphatic carbocycles. The zero-order valence-corrected chi connectivity index (χ0v) is 15.8. The van der Waals surface area contributed by atoms with Gasteiger partial charge in [-0.1, -0.05) is 37.6 Å². The van der Waals surface area contributed by atoms with E-state index in [0.29, 0.717) is 16.3 Å². The molecule has 5 nitrogen and oxygen atoms in total. The van der Waals surface area contributed by atoms with Gasteiger partial charge in [-0.15, -0.1) is 0 Å². The van der Waals surface area contributed by atoms with Gasteiger partial charge in [0, 0.05) is 17.1 Å². The fraction of sp³-hybridized carbons (Fsp3) is 0.238. The number of anilines is 1. The summed E-state index contributed by atoms with van der Waals surface area (Å²) in [4.78, 5) is 27.0. The molecule has 0 saturated heterocycles. The number of carbonyl (C=O) groups is 2. The smallest absolute Gasteiger partial charge is 0.294 e. The van der Waals surface area contributed by atoms with Crippen molar-refractivity contribution in [3.8, 4) is 5.75 Å². The van der Waals surface area contributed by atoms with E-state index in [2.05, 4.69) is 0 Å². The van der Waals surface area contributed by atoms with Gasteiger partial charge >= 0.3 is 0 Å². The van der Waals surface area contributed by atoms with Gasteiger partial charge in [0.2, 0.25) is 0 Å². The van der Waals surface area contributed by atoms with Crippen LogP contribution in [0.25, 0.3) is 0 Å². The Bertz CT molecular complexity index is 918. The summed E-state index contributed by atoms with van der Waals surface area (Å²) < 4.78 is 0. The molecule has 1 aliphatic heterocycles. The summed E-state index contributed by atoms with van der Waals surface area (Å²) >= 11 is 5.94. The molecule has 0 fully saturated rings. The molecule has 6 heteroatoms. The first-order valence-corrected chi connectivity index (χ1v) is 9.01. The molecule has 2 aromatic carbocycles. The number of benzene rings is 2. The highest BCUT2D eigenvalue weighted by Gasteiger charge is 2.44. The van der Waals surface area contributed by atoms with Gasteiger partial charge in [-0.3, -0.25) is 14.5 Å². The number of phenolic OH excluding ortho intramolecular Hbond substituents is 1. The number of halogens is 1. The van der Waals surface area contributed by atoms with Crippen molar-refractivity contribution in [1.29, 1.82) is 0 Å². The van der Waals surface area contributed by atoms with Gasteiger partial charge in [0.15, 0.2) is 11.5 Å². The normalized spacial score (nSPS) is 17.1. The van der Waals surface area contributed by atoms with Crippen LogP contribution in [-0.2, 0) is 9.59 Å². The van der Waals surface area contributed by atoms with Crippen molar-refractivity contribution >= 4 is 29.0 Å². The SMILES string of the molecule is CC(C)CC(=O)C1=C(O)C(=O)N(c2ccc(Cl)cc2)C1c1cccc(O)c1. The van der Waals surface area contributed by atoms with Crippen LogP contribution < -0.4 is 4.90 Å². The molecule has 0 spiro atoms. The first kappa shape index (κ1) is 19.0. The van der Waals surface area contributed by atoms with Crippen molar-refractivity contribution in [1.82, 2.24) is 0 Å². The Morgan fingerprint density at radius 3 is 2.41 bits per heavy atom. The second-order valence-electron chi connectivity index (χ2n) is 6.93. The van der Waals surface area contributed by atoms with Crippen LogP contribution in [0.1, 0.15) is 31.9 Å². The summed E-state index contributed by atoms with van der Waals surface area (Å²) in [5, 5.41) is 20.9. The van der Waals surface area contributed by atoms with Crippen LogP contribution in [0.2, 0.25) is 5.02 Å². The molecule has 0 bridgehead atoms. The molecular weight excluding hydrogens is 366 g/mol. The van der Waals surface area contributed by atoms with Gasteiger partial charge < -0.3 is 10.2 Å². The predicted molar refractivity (Wildman–Crippen MR) is 104 cm³/mol. The Labute approximate surface area is 162 Å². The highest BCUT2D eigenvalue weighted by molar-refractivity contribution is 6.30. The van der Waals surface area contributed by atoms with Crippen LogP contribution >= 0.6 is 11.6 Å². The van der Waals surface area contributed by atoms with Crippen LogP contribution in [0.15, 0.2) is 59.9 Å². The molecule has 1 amide bonds. The van der Waals surface area contributed by atoms with Crippen molar-refractivity contribution < 1.29 is 19.8 Å². The summed E-state index contributed by atoms with van der Waals surface area (Å²) in [5.41, 5.74) is 1.08. The van der Waals surface area contributed by atoms with Gasteiger partial charge in [0.25, 0.3) is 5.91 Å². The summed E-state index contributed by atoms with van der Waals surface area (Å²) in [6.45, 7) is 3.79. The first-order chi connectivity index (χ1) is 12.8. The molecule has 27 heavy (non-hydrogen) atoms. The third kappa shape index (κ3) is 3.69. The van der Waals surface area contributed by atoms with E-state index in [0.717, 1.165) is 0 Å². The molecule has 2 N–H and O–H groups in total. The third-order valence-electron chi connectivity index (χ3n) is 4.39. The lowest BCUT2D eigenvalue weighted by Gasteiger charge is -2.27. The number of amides is 1. The number of hydrogen-bond acceptors (Lipinski definition) is 4. The minimum atomic E-state index is -0.822. The van der Waals surface area contributed by atoms with Gasteiger partial charge in [-0.05, 0) is 47.9 Å². The third-order valence-corrected chi connectivity index (χ3v) is 4.64. The lowest BCUT2D eigenvalue weighted by Crippen LogP contribution is -2.31. The van der Waals surface area contributed by atoms with Crippen LogP contribution in [0, 0.1) is 5.92 Å². The number of ketones is 1. The Kier molecular flexibility index (Phi) is 5.24. The molecule has 1 unspecified atom stereocenters. The highest BCUT2D eigenvalue weighted by Crippen LogP contribution is 2.42. The summed E-state index contributed by atoms with van der Waals surface area (Å²) in [5.74, 6) is -1.41. The van der Waals surface area contributed by atoms with Crippen molar-refractivity contribution in [3.63, 3.8) is 0 Å². The lowest BCUT2D eigenvalue weighted by molar-refractivity contribution is -0.118. The van der Waals surface area contributed by atoms with Crippen LogP contribution in [-0.4, -0.2) is 21.9 Å². The van der Waals surface area contributed by atoms with E-state index in [-0.39, 0.29) is 29.4 Å². The van der Waals surface area contributed by atoms with E-state index in [9.17, 15) is 19.8 Å². The lowest BCUT2D eigenvalue weighted by atomic mass is 9.92. The summed E-state index contributed by atoms with van der Waals surface area (Å²) in [6.07, 6.45) is 0.205. The monoisotopic (exact) mass is 385 g/mol. The van der Waals surface area contributed by atoms with Gasteiger partial charge in [-0.2, -0.15) is 0 Å². The largest absolute Gasteiger partial charge is 0.508 e. The molecular formula is C21H20ClNO4. The summed E-state index contributed by atoms with van der Waals surface area (Å²) in [6, 6.07) is 12.1. The fourth-order valence-corrected chi connectivity index (χ4v) is 3.38.